The molecule has 0 saturated carbocycles. The first-order valence-corrected chi connectivity index (χ1v) is 10.0. The van der Waals surface area contributed by atoms with Crippen LogP contribution in [0.1, 0.15) is 6.42 Å². The summed E-state index contributed by atoms with van der Waals surface area (Å²) in [6, 6.07) is 17.6. The normalized spacial score (nSPS) is 12.5. The number of nitrogens with zero attached hydrogens (tertiary/aromatic N) is 5. The van der Waals surface area contributed by atoms with Crippen LogP contribution < -0.4 is 4.74 Å². The van der Waals surface area contributed by atoms with Crippen LogP contribution in [0.4, 0.5) is 0 Å². The Balaban J connectivity index is 0.000000245. The van der Waals surface area contributed by atoms with Crippen molar-refractivity contribution in [2.24, 2.45) is 7.05 Å². The third-order valence-electron chi connectivity index (χ3n) is 4.95. The Bertz CT molecular complexity index is 1180. The zero-order valence-corrected chi connectivity index (χ0v) is 17.3. The molecule has 0 N–H and O–H groups in total. The van der Waals surface area contributed by atoms with Gasteiger partial charge in [0.15, 0.2) is 5.65 Å². The Morgan fingerprint density at radius 1 is 1.06 bits per heavy atom. The highest BCUT2D eigenvalue weighted by Gasteiger charge is 2.16. The molecule has 2 aromatic carbocycles. The highest BCUT2D eigenvalue weighted by atomic mass is 16.5. The highest BCUT2D eigenvalue weighted by Crippen LogP contribution is 2.28. The van der Waals surface area contributed by atoms with Crippen molar-refractivity contribution in [2.45, 2.75) is 6.42 Å². The van der Waals surface area contributed by atoms with E-state index in [1.807, 2.05) is 61.6 Å². The number of hydrogen-bond acceptors (Lipinski definition) is 5. The number of amides is 1. The summed E-state index contributed by atoms with van der Waals surface area (Å²) >= 11 is 0. The zero-order valence-electron chi connectivity index (χ0n) is 17.3. The second-order valence-corrected chi connectivity index (χ2v) is 7.05. The van der Waals surface area contributed by atoms with Crippen LogP contribution in [0, 0.1) is 0 Å². The fourth-order valence-electron chi connectivity index (χ4n) is 3.18. The van der Waals surface area contributed by atoms with E-state index in [0.29, 0.717) is 0 Å². The van der Waals surface area contributed by atoms with Crippen molar-refractivity contribution in [3.05, 3.63) is 79.8 Å². The molecule has 2 aromatic heterocycles. The average molecular weight is 413 g/mol. The summed E-state index contributed by atoms with van der Waals surface area (Å²) in [6.45, 7) is 5.22. The van der Waals surface area contributed by atoms with Gasteiger partial charge in [0.05, 0.1) is 5.39 Å². The quantitative estimate of drug-likeness (QED) is 0.468. The van der Waals surface area contributed by atoms with Gasteiger partial charge < -0.3 is 9.64 Å². The molecule has 4 aromatic rings. The number of fused-ring (bicyclic) bond motifs is 1. The Morgan fingerprint density at radius 2 is 1.77 bits per heavy atom. The van der Waals surface area contributed by atoms with E-state index in [0.717, 1.165) is 53.3 Å². The van der Waals surface area contributed by atoms with Crippen molar-refractivity contribution in [1.82, 2.24) is 24.6 Å². The molecule has 0 atom stereocenters. The van der Waals surface area contributed by atoms with Crippen molar-refractivity contribution in [3.63, 3.8) is 0 Å². The van der Waals surface area contributed by atoms with Crippen LogP contribution in [0.5, 0.6) is 11.5 Å². The Morgan fingerprint density at radius 3 is 2.39 bits per heavy atom. The number of aryl methyl sites for hydroxylation is 1. The zero-order chi connectivity index (χ0) is 21.6. The number of carbonyl (C=O) groups excluding carboxylic acids is 1. The molecule has 1 saturated heterocycles. The largest absolute Gasteiger partial charge is 0.457 e. The molecule has 3 heterocycles. The van der Waals surface area contributed by atoms with E-state index in [1.54, 1.807) is 15.8 Å². The maximum absolute atomic E-state index is 10.6. The molecule has 7 nitrogen and oxygen atoms in total. The maximum Gasteiger partial charge on any atom is 0.245 e. The van der Waals surface area contributed by atoms with Gasteiger partial charge in [-0.25, -0.2) is 14.6 Å². The van der Waals surface area contributed by atoms with Crippen molar-refractivity contribution in [2.75, 3.05) is 13.1 Å². The summed E-state index contributed by atoms with van der Waals surface area (Å²) in [5.41, 5.74) is 2.69. The van der Waals surface area contributed by atoms with Crippen LogP contribution >= 0.6 is 0 Å². The number of rotatable bonds is 4. The average Bonchev–Trinajstić information content (AvgIpc) is 3.11. The van der Waals surface area contributed by atoms with Gasteiger partial charge in [0.25, 0.3) is 0 Å². The number of carbonyl (C=O) groups is 1. The molecule has 31 heavy (non-hydrogen) atoms. The minimum Gasteiger partial charge on any atom is -0.457 e. The summed E-state index contributed by atoms with van der Waals surface area (Å²) in [5.74, 6) is 1.67. The predicted octanol–water partition coefficient (Wildman–Crippen LogP) is 4.23. The van der Waals surface area contributed by atoms with Gasteiger partial charge in [0.2, 0.25) is 5.91 Å². The number of benzene rings is 2. The molecule has 5 rings (SSSR count). The number of ether oxygens (including phenoxy) is 1. The second-order valence-electron chi connectivity index (χ2n) is 7.05. The predicted molar refractivity (Wildman–Crippen MR) is 120 cm³/mol. The smallest absolute Gasteiger partial charge is 0.245 e. The van der Waals surface area contributed by atoms with Gasteiger partial charge in [-0.1, -0.05) is 24.8 Å². The van der Waals surface area contributed by atoms with Crippen molar-refractivity contribution < 1.29 is 9.53 Å². The molecule has 1 amide bonds. The summed E-state index contributed by atoms with van der Waals surface area (Å²) in [5, 5.41) is 5.48. The van der Waals surface area contributed by atoms with E-state index < -0.39 is 0 Å². The fourth-order valence-corrected chi connectivity index (χ4v) is 3.18. The van der Waals surface area contributed by atoms with Crippen LogP contribution in [-0.2, 0) is 11.8 Å². The fraction of sp³-hybridized carbons (Fsp3) is 0.167. The highest BCUT2D eigenvalue weighted by molar-refractivity contribution is 5.90. The van der Waals surface area contributed by atoms with Crippen LogP contribution in [0.2, 0.25) is 0 Å². The van der Waals surface area contributed by atoms with Crippen LogP contribution in [0.3, 0.4) is 0 Å². The number of hydrogen-bond donors (Lipinski definition) is 0. The van der Waals surface area contributed by atoms with E-state index in [2.05, 4.69) is 21.6 Å². The third kappa shape index (κ3) is 4.61. The molecule has 0 aliphatic carbocycles. The molecule has 0 bridgehead atoms. The molecule has 1 fully saturated rings. The first-order valence-electron chi connectivity index (χ1n) is 10.0. The van der Waals surface area contributed by atoms with Gasteiger partial charge in [-0.15, -0.1) is 0 Å². The minimum absolute atomic E-state index is 0.0660. The molecular formula is C24H23N5O2. The van der Waals surface area contributed by atoms with E-state index in [4.69, 9.17) is 4.74 Å². The minimum atomic E-state index is 0.0660. The van der Waals surface area contributed by atoms with Crippen LogP contribution in [0.25, 0.3) is 22.3 Å². The van der Waals surface area contributed by atoms with Gasteiger partial charge in [0.1, 0.15) is 23.5 Å². The SMILES string of the molecule is C=CC(=O)N1CCC1.Cn1nc(-c2ccc(Oc3ccccc3)cc2)c2cncnc21. The van der Waals surface area contributed by atoms with E-state index in [-0.39, 0.29) is 5.91 Å². The van der Waals surface area contributed by atoms with Gasteiger partial charge in [-0.2, -0.15) is 5.10 Å². The second kappa shape index (κ2) is 9.21. The first kappa shape index (κ1) is 20.3. The molecule has 1 aliphatic rings. The summed E-state index contributed by atoms with van der Waals surface area (Å²) in [7, 11) is 1.88. The molecule has 0 unspecified atom stereocenters. The Hall–Kier alpha value is -4.00. The summed E-state index contributed by atoms with van der Waals surface area (Å²) in [4.78, 5) is 20.7. The molecule has 0 spiro atoms. The molecule has 7 heteroatoms. The summed E-state index contributed by atoms with van der Waals surface area (Å²) < 4.78 is 7.58. The lowest BCUT2D eigenvalue weighted by molar-refractivity contribution is -0.129. The van der Waals surface area contributed by atoms with Crippen LogP contribution in [0.15, 0.2) is 79.8 Å². The summed E-state index contributed by atoms with van der Waals surface area (Å²) in [6.07, 6.45) is 5.84. The lowest BCUT2D eigenvalue weighted by Gasteiger charge is -2.29. The maximum atomic E-state index is 10.6. The van der Waals surface area contributed by atoms with Gasteiger partial charge in [0, 0.05) is 31.9 Å². The van der Waals surface area contributed by atoms with E-state index >= 15 is 0 Å². The number of likely N-dealkylation sites (tertiary alicyclic amines) is 1. The van der Waals surface area contributed by atoms with Crippen molar-refractivity contribution >= 4 is 16.9 Å². The standard InChI is InChI=1S/C18H14N4O.C6H9NO/c1-22-18-16(11-19-12-20-18)17(21-22)13-7-9-15(10-8-13)23-14-5-3-2-4-6-14;1-2-6(8)7-4-3-5-7/h2-12H,1H3;2H,1,3-5H2. The Labute approximate surface area is 180 Å². The molecule has 1 aliphatic heterocycles. The first-order chi connectivity index (χ1) is 15.2. The topological polar surface area (TPSA) is 73.1 Å². The molecule has 156 valence electrons. The monoisotopic (exact) mass is 413 g/mol. The van der Waals surface area contributed by atoms with E-state index in [1.165, 1.54) is 12.4 Å². The van der Waals surface area contributed by atoms with E-state index in [9.17, 15) is 4.79 Å². The lowest BCUT2D eigenvalue weighted by Crippen LogP contribution is -2.40. The van der Waals surface area contributed by atoms with Gasteiger partial charge >= 0.3 is 0 Å². The third-order valence-corrected chi connectivity index (χ3v) is 4.95. The lowest BCUT2D eigenvalue weighted by atomic mass is 10.1. The number of para-hydroxylation sites is 1. The molecule has 0 radical (unpaired) electrons. The van der Waals surface area contributed by atoms with Gasteiger partial charge in [-0.3, -0.25) is 4.79 Å². The molecular weight excluding hydrogens is 390 g/mol. The van der Waals surface area contributed by atoms with Crippen molar-refractivity contribution in [3.8, 4) is 22.8 Å². The van der Waals surface area contributed by atoms with Gasteiger partial charge in [-0.05, 0) is 48.9 Å². The van der Waals surface area contributed by atoms with Crippen LogP contribution in [-0.4, -0.2) is 43.6 Å². The van der Waals surface area contributed by atoms with Crippen molar-refractivity contribution in [1.29, 1.82) is 0 Å². The number of aromatic nitrogens is 4. The Kier molecular flexibility index (Phi) is 6.03.